The van der Waals surface area contributed by atoms with Crippen molar-refractivity contribution in [2.45, 2.75) is 6.92 Å². The van der Waals surface area contributed by atoms with Gasteiger partial charge in [-0.3, -0.25) is 14.6 Å². The molecule has 3 heterocycles. The van der Waals surface area contributed by atoms with E-state index < -0.39 is 0 Å². The Hall–Kier alpha value is -4.70. The number of aryl methyl sites for hydroxylation is 1. The smallest absolute Gasteiger partial charge is 0.276 e. The van der Waals surface area contributed by atoms with Crippen molar-refractivity contribution in [2.75, 3.05) is 25.6 Å². The summed E-state index contributed by atoms with van der Waals surface area (Å²) in [5.74, 6) is -0.380. The van der Waals surface area contributed by atoms with Gasteiger partial charge in [-0.05, 0) is 66.1 Å². The number of amides is 2. The number of hydrogen-bond donors (Lipinski definition) is 3. The number of carbonyl (C=O) groups is 2. The van der Waals surface area contributed by atoms with Crippen LogP contribution in [0.5, 0.6) is 5.88 Å². The van der Waals surface area contributed by atoms with E-state index in [0.717, 1.165) is 16.7 Å². The molecule has 0 fully saturated rings. The number of ether oxygens (including phenoxy) is 1. The van der Waals surface area contributed by atoms with E-state index in [1.165, 1.54) is 19.4 Å². The number of benzene rings is 1. The van der Waals surface area contributed by atoms with Crippen LogP contribution in [0.2, 0.25) is 0 Å². The molecule has 2 amide bonds. The summed E-state index contributed by atoms with van der Waals surface area (Å²) in [6.07, 6.45) is 3.04. The van der Waals surface area contributed by atoms with Crippen LogP contribution in [-0.4, -0.2) is 57.3 Å². The van der Waals surface area contributed by atoms with E-state index in [4.69, 9.17) is 4.74 Å². The number of nitrogens with zero attached hydrogens (tertiary/aromatic N) is 4. The molecule has 0 saturated carbocycles. The summed E-state index contributed by atoms with van der Waals surface area (Å²) in [4.78, 5) is 33.3. The van der Waals surface area contributed by atoms with Gasteiger partial charge >= 0.3 is 0 Å². The van der Waals surface area contributed by atoms with Gasteiger partial charge in [-0.1, -0.05) is 6.07 Å². The first-order chi connectivity index (χ1) is 17.5. The first-order valence-corrected chi connectivity index (χ1v) is 11.1. The molecule has 10 nitrogen and oxygen atoms in total. The summed E-state index contributed by atoms with van der Waals surface area (Å²) in [5.41, 5.74) is 4.83. The molecule has 0 aliphatic heterocycles. The highest BCUT2D eigenvalue weighted by Crippen LogP contribution is 2.32. The van der Waals surface area contributed by atoms with Crippen molar-refractivity contribution in [2.24, 2.45) is 0 Å². The van der Waals surface area contributed by atoms with Gasteiger partial charge in [0.05, 0.1) is 12.3 Å². The Kier molecular flexibility index (Phi) is 7.57. The van der Waals surface area contributed by atoms with Gasteiger partial charge in [-0.2, -0.15) is 5.10 Å². The quantitative estimate of drug-likeness (QED) is 0.347. The molecular formula is C26H24N6O4. The van der Waals surface area contributed by atoms with Crippen LogP contribution >= 0.6 is 0 Å². The predicted molar refractivity (Wildman–Crippen MR) is 134 cm³/mol. The third-order valence-electron chi connectivity index (χ3n) is 5.27. The number of aliphatic hydroxyl groups is 1. The third-order valence-corrected chi connectivity index (χ3v) is 5.27. The SMILES string of the molecule is CNC(=O)c1cc(-c2cc(-c3cc(NC(=O)c4cccnn4)ccc3C)cc(OCCO)n2)ccn1. The first-order valence-electron chi connectivity index (χ1n) is 11.1. The Labute approximate surface area is 207 Å². The lowest BCUT2D eigenvalue weighted by atomic mass is 9.98. The maximum absolute atomic E-state index is 12.6. The number of hydrogen-bond acceptors (Lipinski definition) is 8. The zero-order valence-corrected chi connectivity index (χ0v) is 19.7. The standard InChI is InChI=1S/C26H24N6O4/c1-16-5-6-19(30-26(35)21-4-3-8-29-32-21)15-20(16)18-13-22(31-24(14-18)36-11-10-33)17-7-9-28-23(12-17)25(34)27-2/h3-9,12-15,33H,10-11H2,1-2H3,(H,27,34)(H,30,35). The van der Waals surface area contributed by atoms with Crippen LogP contribution in [0.1, 0.15) is 26.5 Å². The summed E-state index contributed by atoms with van der Waals surface area (Å²) in [5, 5.41) is 22.2. The van der Waals surface area contributed by atoms with Crippen molar-refractivity contribution < 1.29 is 19.4 Å². The number of aromatic nitrogens is 4. The van der Waals surface area contributed by atoms with Crippen LogP contribution in [0.4, 0.5) is 5.69 Å². The summed E-state index contributed by atoms with van der Waals surface area (Å²) in [7, 11) is 1.54. The van der Waals surface area contributed by atoms with Gasteiger partial charge in [0.25, 0.3) is 11.8 Å². The van der Waals surface area contributed by atoms with Crippen molar-refractivity contribution in [3.63, 3.8) is 0 Å². The molecule has 3 aromatic heterocycles. The van der Waals surface area contributed by atoms with Crippen LogP contribution in [0.15, 0.2) is 67.0 Å². The van der Waals surface area contributed by atoms with Crippen molar-refractivity contribution >= 4 is 17.5 Å². The fourth-order valence-corrected chi connectivity index (χ4v) is 3.50. The van der Waals surface area contributed by atoms with Gasteiger partial charge < -0.3 is 20.5 Å². The number of nitrogens with one attached hydrogen (secondary N) is 2. The van der Waals surface area contributed by atoms with Crippen LogP contribution < -0.4 is 15.4 Å². The monoisotopic (exact) mass is 484 g/mol. The second-order valence-electron chi connectivity index (χ2n) is 7.75. The number of pyridine rings is 2. The topological polar surface area (TPSA) is 139 Å². The van der Waals surface area contributed by atoms with E-state index in [9.17, 15) is 14.7 Å². The molecule has 0 bridgehead atoms. The molecule has 4 rings (SSSR count). The Bertz CT molecular complexity index is 1390. The summed E-state index contributed by atoms with van der Waals surface area (Å²) >= 11 is 0. The largest absolute Gasteiger partial charge is 0.475 e. The minimum absolute atomic E-state index is 0.0723. The zero-order valence-electron chi connectivity index (χ0n) is 19.7. The predicted octanol–water partition coefficient (Wildman–Crippen LogP) is 2.89. The fraction of sp³-hybridized carbons (Fsp3) is 0.154. The van der Waals surface area contributed by atoms with Gasteiger partial charge in [0.15, 0.2) is 5.69 Å². The molecule has 0 saturated heterocycles. The Balaban J connectivity index is 1.74. The number of rotatable bonds is 8. The van der Waals surface area contributed by atoms with Gasteiger partial charge in [-0.15, -0.1) is 5.10 Å². The minimum Gasteiger partial charge on any atom is -0.475 e. The molecule has 0 spiro atoms. The Morgan fingerprint density at radius 2 is 1.83 bits per heavy atom. The van der Waals surface area contributed by atoms with E-state index in [1.807, 2.05) is 25.1 Å². The van der Waals surface area contributed by atoms with Crippen molar-refractivity contribution in [1.29, 1.82) is 0 Å². The van der Waals surface area contributed by atoms with Crippen LogP contribution in [0.25, 0.3) is 22.4 Å². The average Bonchev–Trinajstić information content (AvgIpc) is 2.92. The highest BCUT2D eigenvalue weighted by atomic mass is 16.5. The van der Waals surface area contributed by atoms with Gasteiger partial charge in [0, 0.05) is 36.8 Å². The second kappa shape index (κ2) is 11.2. The number of aliphatic hydroxyl groups excluding tert-OH is 1. The van der Waals surface area contributed by atoms with Crippen LogP contribution in [-0.2, 0) is 0 Å². The number of carbonyl (C=O) groups excluding carboxylic acids is 2. The highest BCUT2D eigenvalue weighted by molar-refractivity contribution is 6.03. The van der Waals surface area contributed by atoms with Crippen LogP contribution in [0.3, 0.4) is 0 Å². The lowest BCUT2D eigenvalue weighted by molar-refractivity contribution is 0.0957. The second-order valence-corrected chi connectivity index (χ2v) is 7.75. The molecule has 0 radical (unpaired) electrons. The number of anilines is 1. The van der Waals surface area contributed by atoms with Gasteiger partial charge in [0.2, 0.25) is 5.88 Å². The van der Waals surface area contributed by atoms with E-state index in [0.29, 0.717) is 22.8 Å². The lowest BCUT2D eigenvalue weighted by Crippen LogP contribution is -2.19. The van der Waals surface area contributed by atoms with E-state index in [-0.39, 0.29) is 36.4 Å². The highest BCUT2D eigenvalue weighted by Gasteiger charge is 2.14. The molecule has 10 heteroatoms. The lowest BCUT2D eigenvalue weighted by Gasteiger charge is -2.14. The van der Waals surface area contributed by atoms with E-state index in [1.54, 1.807) is 36.4 Å². The molecular weight excluding hydrogens is 460 g/mol. The van der Waals surface area contributed by atoms with Gasteiger partial charge in [-0.25, -0.2) is 4.98 Å². The van der Waals surface area contributed by atoms with Crippen molar-refractivity contribution in [3.05, 3.63) is 83.9 Å². The Morgan fingerprint density at radius 3 is 2.58 bits per heavy atom. The summed E-state index contributed by atoms with van der Waals surface area (Å²) in [6.45, 7) is 1.86. The van der Waals surface area contributed by atoms with Crippen molar-refractivity contribution in [3.8, 4) is 28.3 Å². The average molecular weight is 485 g/mol. The third kappa shape index (κ3) is 5.68. The Morgan fingerprint density at radius 1 is 0.972 bits per heavy atom. The zero-order chi connectivity index (χ0) is 25.5. The van der Waals surface area contributed by atoms with E-state index in [2.05, 4.69) is 30.8 Å². The van der Waals surface area contributed by atoms with Crippen LogP contribution in [0, 0.1) is 6.92 Å². The van der Waals surface area contributed by atoms with Crippen molar-refractivity contribution in [1.82, 2.24) is 25.5 Å². The molecule has 0 aliphatic carbocycles. The first kappa shape index (κ1) is 24.4. The molecule has 3 N–H and O–H groups in total. The van der Waals surface area contributed by atoms with E-state index >= 15 is 0 Å². The van der Waals surface area contributed by atoms with Gasteiger partial charge in [0.1, 0.15) is 12.3 Å². The maximum Gasteiger partial charge on any atom is 0.276 e. The molecule has 0 unspecified atom stereocenters. The maximum atomic E-state index is 12.6. The summed E-state index contributed by atoms with van der Waals surface area (Å²) < 4.78 is 5.63. The molecule has 36 heavy (non-hydrogen) atoms. The molecule has 182 valence electrons. The molecule has 1 aromatic carbocycles. The minimum atomic E-state index is -0.376. The summed E-state index contributed by atoms with van der Waals surface area (Å²) in [6, 6.07) is 15.8. The molecule has 4 aromatic rings. The molecule has 0 aliphatic rings. The fourth-order valence-electron chi connectivity index (χ4n) is 3.50. The normalized spacial score (nSPS) is 10.5. The molecule has 0 atom stereocenters.